The number of amides is 1. The van der Waals surface area contributed by atoms with Gasteiger partial charge in [-0.1, -0.05) is 26.7 Å². The molecule has 1 heterocycles. The van der Waals surface area contributed by atoms with E-state index in [4.69, 9.17) is 10.5 Å². The summed E-state index contributed by atoms with van der Waals surface area (Å²) in [6.45, 7) is 4.71. The fourth-order valence-corrected chi connectivity index (χ4v) is 4.41. The van der Waals surface area contributed by atoms with Crippen molar-refractivity contribution in [2.75, 3.05) is 6.61 Å². The van der Waals surface area contributed by atoms with Crippen LogP contribution < -0.4 is 11.1 Å². The number of hydrogen-bond acceptors (Lipinski definition) is 4. The molecule has 4 N–H and O–H groups in total. The molecule has 0 bridgehead atoms. The lowest BCUT2D eigenvalue weighted by atomic mass is 9.48. The molecular formula is C15H26N2O3. The van der Waals surface area contributed by atoms with Crippen LogP contribution in [0.3, 0.4) is 0 Å². The van der Waals surface area contributed by atoms with Crippen molar-refractivity contribution in [3.63, 3.8) is 0 Å². The molecule has 5 nitrogen and oxygen atoms in total. The Bertz CT molecular complexity index is 412. The highest BCUT2D eigenvalue weighted by Gasteiger charge is 2.71. The maximum absolute atomic E-state index is 12.7. The minimum absolute atomic E-state index is 0.0922. The lowest BCUT2D eigenvalue weighted by Crippen LogP contribution is -2.80. The standard InChI is InChI=1S/C15H26N2O3/c1-14(2)12-9(7-8-20-12)15(14,16)13(19)17-10-5-3-4-6-11(10)18/h9-12,18H,3-8,16H2,1-2H3,(H,17,19)/t9?,10-,11-,12?,15?/m1/s1. The predicted molar refractivity (Wildman–Crippen MR) is 75.0 cm³/mol. The van der Waals surface area contributed by atoms with E-state index in [-0.39, 0.29) is 29.4 Å². The summed E-state index contributed by atoms with van der Waals surface area (Å²) >= 11 is 0. The molecule has 20 heavy (non-hydrogen) atoms. The maximum Gasteiger partial charge on any atom is 0.241 e. The molecule has 1 saturated heterocycles. The zero-order valence-electron chi connectivity index (χ0n) is 12.4. The molecule has 3 aliphatic rings. The lowest BCUT2D eigenvalue weighted by molar-refractivity contribution is -0.176. The first-order valence-corrected chi connectivity index (χ1v) is 7.78. The van der Waals surface area contributed by atoms with Crippen LogP contribution in [0.2, 0.25) is 0 Å². The van der Waals surface area contributed by atoms with Crippen molar-refractivity contribution < 1.29 is 14.6 Å². The summed E-state index contributed by atoms with van der Waals surface area (Å²) in [5.41, 5.74) is 5.28. The van der Waals surface area contributed by atoms with Gasteiger partial charge in [-0.2, -0.15) is 0 Å². The van der Waals surface area contributed by atoms with E-state index in [1.165, 1.54) is 0 Å². The molecule has 0 spiro atoms. The molecule has 0 aromatic rings. The molecule has 2 saturated carbocycles. The molecule has 2 aliphatic carbocycles. The van der Waals surface area contributed by atoms with E-state index in [0.29, 0.717) is 6.61 Å². The summed E-state index contributed by atoms with van der Waals surface area (Å²) in [5.74, 6) is -0.00145. The zero-order chi connectivity index (χ0) is 14.5. The van der Waals surface area contributed by atoms with Crippen LogP contribution in [0.15, 0.2) is 0 Å². The van der Waals surface area contributed by atoms with Crippen molar-refractivity contribution in [3.8, 4) is 0 Å². The Hall–Kier alpha value is -0.650. The van der Waals surface area contributed by atoms with Gasteiger partial charge in [0.05, 0.1) is 18.2 Å². The molecule has 1 aliphatic heterocycles. The Labute approximate surface area is 120 Å². The van der Waals surface area contributed by atoms with Crippen LogP contribution in [-0.4, -0.2) is 41.4 Å². The second-order valence-corrected chi connectivity index (χ2v) is 7.21. The topological polar surface area (TPSA) is 84.6 Å². The number of aliphatic hydroxyl groups is 1. The van der Waals surface area contributed by atoms with Gasteiger partial charge in [0, 0.05) is 17.9 Å². The fourth-order valence-electron chi connectivity index (χ4n) is 4.41. The van der Waals surface area contributed by atoms with Gasteiger partial charge in [0.25, 0.3) is 0 Å². The molecule has 0 aromatic heterocycles. The average Bonchev–Trinajstić information content (AvgIpc) is 2.88. The zero-order valence-corrected chi connectivity index (χ0v) is 12.4. The summed E-state index contributed by atoms with van der Waals surface area (Å²) < 4.78 is 5.71. The first kappa shape index (κ1) is 14.3. The Morgan fingerprint density at radius 1 is 1.30 bits per heavy atom. The molecule has 1 amide bonds. The van der Waals surface area contributed by atoms with Crippen LogP contribution in [-0.2, 0) is 9.53 Å². The van der Waals surface area contributed by atoms with Gasteiger partial charge in [0.15, 0.2) is 0 Å². The third-order valence-corrected chi connectivity index (χ3v) is 5.88. The van der Waals surface area contributed by atoms with Crippen LogP contribution >= 0.6 is 0 Å². The lowest BCUT2D eigenvalue weighted by Gasteiger charge is -2.61. The third-order valence-electron chi connectivity index (χ3n) is 5.88. The number of carbonyl (C=O) groups excluding carboxylic acids is 1. The predicted octanol–water partition coefficient (Wildman–Crippen LogP) is 0.549. The van der Waals surface area contributed by atoms with E-state index in [2.05, 4.69) is 5.32 Å². The van der Waals surface area contributed by atoms with Crippen molar-refractivity contribution >= 4 is 5.91 Å². The van der Waals surface area contributed by atoms with Gasteiger partial charge in [-0.25, -0.2) is 0 Å². The number of hydrogen-bond donors (Lipinski definition) is 3. The van der Waals surface area contributed by atoms with Gasteiger partial charge in [0.1, 0.15) is 5.54 Å². The van der Waals surface area contributed by atoms with E-state index in [1.54, 1.807) is 0 Å². The smallest absolute Gasteiger partial charge is 0.241 e. The van der Waals surface area contributed by atoms with Crippen molar-refractivity contribution in [2.24, 2.45) is 17.1 Å². The third kappa shape index (κ3) is 1.76. The molecule has 3 rings (SSSR count). The van der Waals surface area contributed by atoms with E-state index in [0.717, 1.165) is 32.1 Å². The molecule has 5 heteroatoms. The summed E-state index contributed by atoms with van der Waals surface area (Å²) in [4.78, 5) is 12.7. The molecule has 114 valence electrons. The van der Waals surface area contributed by atoms with Crippen molar-refractivity contribution in [3.05, 3.63) is 0 Å². The van der Waals surface area contributed by atoms with Gasteiger partial charge in [-0.05, 0) is 19.3 Å². The van der Waals surface area contributed by atoms with Crippen molar-refractivity contribution in [2.45, 2.75) is 69.7 Å². The van der Waals surface area contributed by atoms with Crippen LogP contribution in [0.1, 0.15) is 46.0 Å². The number of carbonyl (C=O) groups is 1. The highest BCUT2D eigenvalue weighted by Crippen LogP contribution is 2.58. The molecule has 0 aromatic carbocycles. The summed E-state index contributed by atoms with van der Waals surface area (Å²) in [6.07, 6.45) is 4.20. The Morgan fingerprint density at radius 3 is 2.70 bits per heavy atom. The number of ether oxygens (including phenoxy) is 1. The number of aliphatic hydroxyl groups excluding tert-OH is 1. The molecule has 3 fully saturated rings. The first-order valence-electron chi connectivity index (χ1n) is 7.78. The van der Waals surface area contributed by atoms with Crippen molar-refractivity contribution in [1.29, 1.82) is 0 Å². The first-order chi connectivity index (χ1) is 9.39. The molecule has 0 radical (unpaired) electrons. The van der Waals surface area contributed by atoms with Gasteiger partial charge in [-0.3, -0.25) is 4.79 Å². The largest absolute Gasteiger partial charge is 0.391 e. The van der Waals surface area contributed by atoms with E-state index in [1.807, 2.05) is 13.8 Å². The number of nitrogens with one attached hydrogen (secondary N) is 1. The second-order valence-electron chi connectivity index (χ2n) is 7.21. The Morgan fingerprint density at radius 2 is 2.00 bits per heavy atom. The Balaban J connectivity index is 1.73. The van der Waals surface area contributed by atoms with Crippen molar-refractivity contribution in [1.82, 2.24) is 5.32 Å². The normalized spacial score (nSPS) is 46.4. The quantitative estimate of drug-likeness (QED) is 0.690. The summed E-state index contributed by atoms with van der Waals surface area (Å²) in [6, 6.07) is -0.145. The average molecular weight is 282 g/mol. The minimum Gasteiger partial charge on any atom is -0.391 e. The number of fused-ring (bicyclic) bond motifs is 1. The highest BCUT2D eigenvalue weighted by atomic mass is 16.5. The van der Waals surface area contributed by atoms with E-state index >= 15 is 0 Å². The van der Waals surface area contributed by atoms with Crippen LogP contribution in [0, 0.1) is 11.3 Å². The maximum atomic E-state index is 12.7. The second kappa shape index (κ2) is 4.68. The number of rotatable bonds is 2. The van der Waals surface area contributed by atoms with Gasteiger partial charge >= 0.3 is 0 Å². The minimum atomic E-state index is -0.870. The van der Waals surface area contributed by atoms with Gasteiger partial charge in [-0.15, -0.1) is 0 Å². The fraction of sp³-hybridized carbons (Fsp3) is 0.933. The Kier molecular flexibility index (Phi) is 3.35. The number of nitrogens with two attached hydrogens (primary N) is 1. The van der Waals surface area contributed by atoms with Crippen LogP contribution in [0.25, 0.3) is 0 Å². The van der Waals surface area contributed by atoms with E-state index < -0.39 is 11.6 Å². The molecule has 5 atom stereocenters. The SMILES string of the molecule is CC1(C)C2OCCC2C1(N)C(=O)N[C@@H]1CCCC[C@H]1O. The highest BCUT2D eigenvalue weighted by molar-refractivity contribution is 5.89. The molecular weight excluding hydrogens is 256 g/mol. The van der Waals surface area contributed by atoms with Crippen LogP contribution in [0.5, 0.6) is 0 Å². The monoisotopic (exact) mass is 282 g/mol. The van der Waals surface area contributed by atoms with Crippen LogP contribution in [0.4, 0.5) is 0 Å². The van der Waals surface area contributed by atoms with E-state index in [9.17, 15) is 9.90 Å². The molecule has 3 unspecified atom stereocenters. The summed E-state index contributed by atoms with van der Waals surface area (Å²) in [5, 5.41) is 13.0. The van der Waals surface area contributed by atoms with Gasteiger partial charge in [0.2, 0.25) is 5.91 Å². The summed E-state index contributed by atoms with van der Waals surface area (Å²) in [7, 11) is 0. The van der Waals surface area contributed by atoms with Gasteiger partial charge < -0.3 is 20.9 Å².